The Bertz CT molecular complexity index is 456. The van der Waals surface area contributed by atoms with E-state index in [0.717, 1.165) is 16.3 Å². The highest BCUT2D eigenvalue weighted by molar-refractivity contribution is 9.08. The van der Waals surface area contributed by atoms with Crippen LogP contribution in [0.1, 0.15) is 11.1 Å². The summed E-state index contributed by atoms with van der Waals surface area (Å²) in [4.78, 5) is 0. The lowest BCUT2D eigenvalue weighted by Gasteiger charge is -2.10. The van der Waals surface area contributed by atoms with Crippen LogP contribution in [0.3, 0.4) is 0 Å². The van der Waals surface area contributed by atoms with Crippen molar-refractivity contribution in [2.45, 2.75) is 11.9 Å². The van der Waals surface area contributed by atoms with Crippen LogP contribution in [0.2, 0.25) is 5.02 Å². The zero-order chi connectivity index (χ0) is 11.4. The van der Waals surface area contributed by atoms with Crippen molar-refractivity contribution in [2.24, 2.45) is 0 Å². The van der Waals surface area contributed by atoms with Crippen molar-refractivity contribution in [2.75, 3.05) is 0 Å². The van der Waals surface area contributed by atoms with E-state index in [4.69, 9.17) is 16.3 Å². The third-order valence-corrected chi connectivity index (χ3v) is 3.83. The predicted molar refractivity (Wildman–Crippen MR) is 72.7 cm³/mol. The van der Waals surface area contributed by atoms with Crippen LogP contribution in [0.4, 0.5) is 0 Å². The molecule has 0 amide bonds. The first kappa shape index (κ1) is 12.0. The number of hydrogen-bond donors (Lipinski definition) is 0. The zero-order valence-electron chi connectivity index (χ0n) is 8.45. The number of thiophene rings is 1. The number of rotatable bonds is 4. The molecule has 0 saturated carbocycles. The second-order valence-electron chi connectivity index (χ2n) is 3.27. The summed E-state index contributed by atoms with van der Waals surface area (Å²) in [6, 6.07) is 7.77. The Kier molecular flexibility index (Phi) is 4.27. The Labute approximate surface area is 112 Å². The molecule has 0 radical (unpaired) electrons. The molecular weight excluding hydrogens is 308 g/mol. The summed E-state index contributed by atoms with van der Waals surface area (Å²) in [6.45, 7) is 0.587. The summed E-state index contributed by atoms with van der Waals surface area (Å²) in [5.41, 5.74) is 2.19. The van der Waals surface area contributed by atoms with Gasteiger partial charge in [0.05, 0.1) is 0 Å². The molecular formula is C12H10BrClOS. The van der Waals surface area contributed by atoms with E-state index in [2.05, 4.69) is 27.4 Å². The topological polar surface area (TPSA) is 9.23 Å². The van der Waals surface area contributed by atoms with Gasteiger partial charge in [0.1, 0.15) is 12.4 Å². The Balaban J connectivity index is 2.12. The van der Waals surface area contributed by atoms with E-state index in [1.165, 1.54) is 5.56 Å². The van der Waals surface area contributed by atoms with E-state index in [-0.39, 0.29) is 0 Å². The Hall–Kier alpha value is -0.510. The maximum atomic E-state index is 6.08. The lowest BCUT2D eigenvalue weighted by atomic mass is 10.2. The molecule has 0 aliphatic carbocycles. The van der Waals surface area contributed by atoms with Gasteiger partial charge in [-0.15, -0.1) is 0 Å². The van der Waals surface area contributed by atoms with Crippen molar-refractivity contribution in [3.63, 3.8) is 0 Å². The molecule has 1 aromatic carbocycles. The minimum absolute atomic E-state index is 0.587. The molecule has 1 nitrogen and oxygen atoms in total. The Morgan fingerprint density at radius 2 is 2.19 bits per heavy atom. The second kappa shape index (κ2) is 5.71. The number of hydrogen-bond acceptors (Lipinski definition) is 2. The Morgan fingerprint density at radius 3 is 2.88 bits per heavy atom. The van der Waals surface area contributed by atoms with Gasteiger partial charge >= 0.3 is 0 Å². The third kappa shape index (κ3) is 2.78. The molecule has 84 valence electrons. The maximum Gasteiger partial charge on any atom is 0.125 e. The fraction of sp³-hybridized carbons (Fsp3) is 0.167. The molecule has 4 heteroatoms. The molecule has 1 heterocycles. The normalized spacial score (nSPS) is 10.4. The van der Waals surface area contributed by atoms with Crippen LogP contribution in [0.5, 0.6) is 5.75 Å². The fourth-order valence-corrected chi connectivity index (χ4v) is 2.97. The molecule has 0 atom stereocenters. The molecule has 16 heavy (non-hydrogen) atoms. The van der Waals surface area contributed by atoms with Crippen LogP contribution in [-0.2, 0) is 11.9 Å². The molecule has 1 aromatic heterocycles. The summed E-state index contributed by atoms with van der Waals surface area (Å²) in [7, 11) is 0. The first-order valence-electron chi connectivity index (χ1n) is 4.78. The van der Waals surface area contributed by atoms with E-state index in [0.29, 0.717) is 11.9 Å². The minimum atomic E-state index is 0.587. The van der Waals surface area contributed by atoms with E-state index < -0.39 is 0 Å². The molecule has 0 bridgehead atoms. The van der Waals surface area contributed by atoms with E-state index >= 15 is 0 Å². The van der Waals surface area contributed by atoms with Crippen molar-refractivity contribution in [1.82, 2.24) is 0 Å². The van der Waals surface area contributed by atoms with Gasteiger partial charge in [0.15, 0.2) is 0 Å². The van der Waals surface area contributed by atoms with Gasteiger partial charge in [-0.3, -0.25) is 0 Å². The van der Waals surface area contributed by atoms with Gasteiger partial charge in [0.25, 0.3) is 0 Å². The van der Waals surface area contributed by atoms with Gasteiger partial charge in [-0.05, 0) is 34.5 Å². The van der Waals surface area contributed by atoms with Gasteiger partial charge in [0, 0.05) is 15.9 Å². The average molecular weight is 318 g/mol. The molecule has 0 N–H and O–H groups in total. The summed E-state index contributed by atoms with van der Waals surface area (Å²) < 4.78 is 5.75. The quantitative estimate of drug-likeness (QED) is 0.731. The average Bonchev–Trinajstić information content (AvgIpc) is 2.79. The summed E-state index contributed by atoms with van der Waals surface area (Å²) in [6.07, 6.45) is 0. The first-order valence-corrected chi connectivity index (χ1v) is 7.22. The fourth-order valence-electron chi connectivity index (χ4n) is 1.34. The monoisotopic (exact) mass is 316 g/mol. The van der Waals surface area contributed by atoms with Gasteiger partial charge in [-0.25, -0.2) is 0 Å². The first-order chi connectivity index (χ1) is 7.81. The van der Waals surface area contributed by atoms with E-state index in [1.807, 2.05) is 23.6 Å². The van der Waals surface area contributed by atoms with E-state index in [9.17, 15) is 0 Å². The second-order valence-corrected chi connectivity index (χ2v) is 5.02. The highest BCUT2D eigenvalue weighted by Crippen LogP contribution is 2.29. The van der Waals surface area contributed by atoms with Crippen LogP contribution in [-0.4, -0.2) is 0 Å². The molecule has 0 aliphatic heterocycles. The summed E-state index contributed by atoms with van der Waals surface area (Å²) in [5, 5.41) is 5.56. The minimum Gasteiger partial charge on any atom is -0.489 e. The number of halogens is 2. The van der Waals surface area contributed by atoms with Crippen molar-refractivity contribution in [3.8, 4) is 5.75 Å². The predicted octanol–water partition coefficient (Wildman–Crippen LogP) is 4.88. The molecule has 0 aliphatic rings. The number of alkyl halides is 1. The molecule has 2 rings (SSSR count). The zero-order valence-corrected chi connectivity index (χ0v) is 11.6. The van der Waals surface area contributed by atoms with Crippen molar-refractivity contribution < 1.29 is 4.74 Å². The van der Waals surface area contributed by atoms with Crippen LogP contribution in [0.25, 0.3) is 0 Å². The van der Waals surface area contributed by atoms with Crippen molar-refractivity contribution in [1.29, 1.82) is 0 Å². The van der Waals surface area contributed by atoms with Crippen molar-refractivity contribution >= 4 is 38.9 Å². The largest absolute Gasteiger partial charge is 0.489 e. The number of ether oxygens (including phenoxy) is 1. The van der Waals surface area contributed by atoms with Gasteiger partial charge in [0.2, 0.25) is 0 Å². The van der Waals surface area contributed by atoms with Crippen LogP contribution >= 0.6 is 38.9 Å². The number of benzene rings is 1. The molecule has 0 unspecified atom stereocenters. The Morgan fingerprint density at radius 1 is 1.31 bits per heavy atom. The lowest BCUT2D eigenvalue weighted by Crippen LogP contribution is -1.96. The summed E-state index contributed by atoms with van der Waals surface area (Å²) in [5.74, 6) is 0.843. The lowest BCUT2D eigenvalue weighted by molar-refractivity contribution is 0.304. The van der Waals surface area contributed by atoms with Crippen LogP contribution < -0.4 is 4.74 Å². The van der Waals surface area contributed by atoms with Crippen molar-refractivity contribution in [3.05, 3.63) is 51.2 Å². The summed E-state index contributed by atoms with van der Waals surface area (Å²) >= 11 is 11.2. The van der Waals surface area contributed by atoms with Crippen LogP contribution in [0.15, 0.2) is 35.0 Å². The highest BCUT2D eigenvalue weighted by atomic mass is 79.9. The molecule has 0 fully saturated rings. The van der Waals surface area contributed by atoms with Crippen LogP contribution in [0, 0.1) is 0 Å². The third-order valence-electron chi connectivity index (χ3n) is 2.18. The SMILES string of the molecule is Clc1cccc(OCc2ccsc2)c1CBr. The van der Waals surface area contributed by atoms with Gasteiger partial charge in [-0.2, -0.15) is 11.3 Å². The van der Waals surface area contributed by atoms with Gasteiger partial charge < -0.3 is 4.74 Å². The molecule has 0 spiro atoms. The molecule has 0 saturated heterocycles. The highest BCUT2D eigenvalue weighted by Gasteiger charge is 2.06. The standard InChI is InChI=1S/C12H10BrClOS/c13-6-10-11(14)2-1-3-12(10)15-7-9-4-5-16-8-9/h1-5,8H,6-7H2. The molecule has 2 aromatic rings. The smallest absolute Gasteiger partial charge is 0.125 e. The van der Waals surface area contributed by atoms with E-state index in [1.54, 1.807) is 11.3 Å². The maximum absolute atomic E-state index is 6.08. The van der Waals surface area contributed by atoms with Gasteiger partial charge in [-0.1, -0.05) is 33.6 Å².